The number of nitrogen functional groups attached to an aromatic ring is 1. The lowest BCUT2D eigenvalue weighted by atomic mass is 10.2. The summed E-state index contributed by atoms with van der Waals surface area (Å²) in [6.07, 6.45) is 0. The van der Waals surface area contributed by atoms with Crippen molar-refractivity contribution in [1.29, 1.82) is 0 Å². The van der Waals surface area contributed by atoms with E-state index in [1.807, 2.05) is 24.3 Å². The Labute approximate surface area is 83.1 Å². The number of hydrogen-bond donors (Lipinski definition) is 1. The summed E-state index contributed by atoms with van der Waals surface area (Å²) < 4.78 is 0.971. The third kappa shape index (κ3) is 1.12. The third-order valence-corrected chi connectivity index (χ3v) is 2.76. The van der Waals surface area contributed by atoms with Gasteiger partial charge in [-0.1, -0.05) is 18.2 Å². The number of anilines is 1. The van der Waals surface area contributed by atoms with Crippen LogP contribution in [0, 0.1) is 3.57 Å². The molecule has 12 heavy (non-hydrogen) atoms. The van der Waals surface area contributed by atoms with E-state index in [-0.39, 0.29) is 0 Å². The second kappa shape index (κ2) is 2.85. The fourth-order valence-electron chi connectivity index (χ4n) is 1.04. The fraction of sp³-hybridized carbons (Fsp3) is 0. The Kier molecular flexibility index (Phi) is 1.84. The van der Waals surface area contributed by atoms with Gasteiger partial charge in [0.25, 0.3) is 0 Å². The van der Waals surface area contributed by atoms with Crippen LogP contribution in [0.5, 0.6) is 0 Å². The van der Waals surface area contributed by atoms with Crippen molar-refractivity contribution < 1.29 is 0 Å². The second-order valence-corrected chi connectivity index (χ2v) is 3.50. The summed E-state index contributed by atoms with van der Waals surface area (Å²) in [6.45, 7) is 0. The van der Waals surface area contributed by atoms with Crippen molar-refractivity contribution in [3.05, 3.63) is 27.8 Å². The lowest BCUT2D eigenvalue weighted by molar-refractivity contribution is 1.08. The van der Waals surface area contributed by atoms with Crippen molar-refractivity contribution in [3.63, 3.8) is 0 Å². The summed E-state index contributed by atoms with van der Waals surface area (Å²) in [4.78, 5) is 0. The standard InChI is InChI=1S/C8H6IN3/c9-7-5-3-1-2-4-6(5)11-12-8(7)10/h1-4H,(H2,10,12). The van der Waals surface area contributed by atoms with Gasteiger partial charge in [-0.2, -0.15) is 0 Å². The van der Waals surface area contributed by atoms with E-state index in [1.54, 1.807) is 0 Å². The normalized spacial score (nSPS) is 10.4. The Morgan fingerprint density at radius 3 is 2.75 bits per heavy atom. The van der Waals surface area contributed by atoms with Gasteiger partial charge in [-0.25, -0.2) is 0 Å². The molecule has 0 amide bonds. The minimum Gasteiger partial charge on any atom is -0.381 e. The number of rotatable bonds is 0. The first-order chi connectivity index (χ1) is 5.79. The molecule has 0 unspecified atom stereocenters. The summed E-state index contributed by atoms with van der Waals surface area (Å²) in [5, 5.41) is 8.85. The van der Waals surface area contributed by atoms with Crippen molar-refractivity contribution in [2.75, 3.05) is 5.73 Å². The summed E-state index contributed by atoms with van der Waals surface area (Å²) in [5.74, 6) is 0.495. The molecule has 0 atom stereocenters. The van der Waals surface area contributed by atoms with E-state index < -0.39 is 0 Å². The molecule has 1 aromatic carbocycles. The smallest absolute Gasteiger partial charge is 0.160 e. The maximum absolute atomic E-state index is 5.60. The first-order valence-electron chi connectivity index (χ1n) is 3.45. The van der Waals surface area contributed by atoms with Crippen LogP contribution in [0.25, 0.3) is 10.9 Å². The van der Waals surface area contributed by atoms with Gasteiger partial charge in [0.2, 0.25) is 0 Å². The molecule has 4 heteroatoms. The monoisotopic (exact) mass is 271 g/mol. The Morgan fingerprint density at radius 2 is 1.92 bits per heavy atom. The largest absolute Gasteiger partial charge is 0.381 e. The average molecular weight is 271 g/mol. The molecule has 1 heterocycles. The highest BCUT2D eigenvalue weighted by Crippen LogP contribution is 2.21. The first-order valence-corrected chi connectivity index (χ1v) is 4.53. The number of benzene rings is 1. The number of nitrogens with two attached hydrogens (primary N) is 1. The van der Waals surface area contributed by atoms with Crippen molar-refractivity contribution in [1.82, 2.24) is 10.2 Å². The predicted octanol–water partition coefficient (Wildman–Crippen LogP) is 1.82. The van der Waals surface area contributed by atoms with Crippen LogP contribution in [0.15, 0.2) is 24.3 Å². The molecule has 60 valence electrons. The van der Waals surface area contributed by atoms with Crippen LogP contribution < -0.4 is 5.73 Å². The van der Waals surface area contributed by atoms with Crippen LogP contribution in [0.4, 0.5) is 5.82 Å². The summed E-state index contributed by atoms with van der Waals surface area (Å²) >= 11 is 2.18. The number of hydrogen-bond acceptors (Lipinski definition) is 3. The highest BCUT2D eigenvalue weighted by atomic mass is 127. The summed E-state index contributed by atoms with van der Waals surface area (Å²) in [7, 11) is 0. The quantitative estimate of drug-likeness (QED) is 0.743. The fourth-order valence-corrected chi connectivity index (χ4v) is 1.60. The highest BCUT2D eigenvalue weighted by molar-refractivity contribution is 14.1. The molecule has 2 rings (SSSR count). The van der Waals surface area contributed by atoms with Crippen molar-refractivity contribution in [3.8, 4) is 0 Å². The van der Waals surface area contributed by atoms with E-state index >= 15 is 0 Å². The van der Waals surface area contributed by atoms with Crippen LogP contribution in [0.3, 0.4) is 0 Å². The van der Waals surface area contributed by atoms with E-state index in [9.17, 15) is 0 Å². The lowest BCUT2D eigenvalue weighted by Gasteiger charge is -1.99. The van der Waals surface area contributed by atoms with Crippen LogP contribution in [0.2, 0.25) is 0 Å². The number of fused-ring (bicyclic) bond motifs is 1. The van der Waals surface area contributed by atoms with Crippen LogP contribution in [-0.4, -0.2) is 10.2 Å². The van der Waals surface area contributed by atoms with Gasteiger partial charge < -0.3 is 5.73 Å². The zero-order chi connectivity index (χ0) is 8.55. The van der Waals surface area contributed by atoms with Gasteiger partial charge in [-0.05, 0) is 28.7 Å². The van der Waals surface area contributed by atoms with Crippen molar-refractivity contribution in [2.45, 2.75) is 0 Å². The third-order valence-electron chi connectivity index (χ3n) is 1.63. The highest BCUT2D eigenvalue weighted by Gasteiger charge is 2.02. The zero-order valence-corrected chi connectivity index (χ0v) is 8.32. The summed E-state index contributed by atoms with van der Waals surface area (Å²) in [6, 6.07) is 7.81. The van der Waals surface area contributed by atoms with Crippen molar-refractivity contribution in [2.24, 2.45) is 0 Å². The number of nitrogens with zero attached hydrogens (tertiary/aromatic N) is 2. The van der Waals surface area contributed by atoms with Gasteiger partial charge in [-0.15, -0.1) is 10.2 Å². The Hall–Kier alpha value is -0.910. The van der Waals surface area contributed by atoms with Crippen LogP contribution >= 0.6 is 22.6 Å². The van der Waals surface area contributed by atoms with E-state index in [1.165, 1.54) is 0 Å². The minimum absolute atomic E-state index is 0.495. The number of aromatic nitrogens is 2. The molecule has 0 fully saturated rings. The zero-order valence-electron chi connectivity index (χ0n) is 6.16. The minimum atomic E-state index is 0.495. The Morgan fingerprint density at radius 1 is 1.17 bits per heavy atom. The van der Waals surface area contributed by atoms with Gasteiger partial charge in [0.15, 0.2) is 5.82 Å². The molecule has 0 aliphatic rings. The molecule has 2 N–H and O–H groups in total. The van der Waals surface area contributed by atoms with Gasteiger partial charge in [-0.3, -0.25) is 0 Å². The van der Waals surface area contributed by atoms with E-state index in [4.69, 9.17) is 5.73 Å². The van der Waals surface area contributed by atoms with Crippen LogP contribution in [-0.2, 0) is 0 Å². The molecular formula is C8H6IN3. The maximum Gasteiger partial charge on any atom is 0.160 e. The lowest BCUT2D eigenvalue weighted by Crippen LogP contribution is -1.97. The van der Waals surface area contributed by atoms with E-state index in [2.05, 4.69) is 32.8 Å². The van der Waals surface area contributed by atoms with Crippen LogP contribution in [0.1, 0.15) is 0 Å². The summed E-state index contributed by atoms with van der Waals surface area (Å²) in [5.41, 5.74) is 6.49. The molecule has 0 spiro atoms. The Bertz CT molecular complexity index is 428. The molecule has 0 saturated heterocycles. The first kappa shape index (κ1) is 7.72. The maximum atomic E-state index is 5.60. The molecule has 2 aromatic rings. The molecule has 1 aromatic heterocycles. The molecular weight excluding hydrogens is 265 g/mol. The average Bonchev–Trinajstić information content (AvgIpc) is 2.12. The molecule has 0 bridgehead atoms. The SMILES string of the molecule is Nc1nnc2ccccc2c1I. The molecule has 0 saturated carbocycles. The Balaban J connectivity index is 2.91. The van der Waals surface area contributed by atoms with E-state index in [0.29, 0.717) is 5.82 Å². The molecule has 0 aliphatic carbocycles. The predicted molar refractivity (Wildman–Crippen MR) is 56.7 cm³/mol. The van der Waals surface area contributed by atoms with Gasteiger partial charge in [0.05, 0.1) is 9.09 Å². The van der Waals surface area contributed by atoms with E-state index in [0.717, 1.165) is 14.5 Å². The van der Waals surface area contributed by atoms with Crippen molar-refractivity contribution >= 4 is 39.3 Å². The molecule has 0 aliphatic heterocycles. The second-order valence-electron chi connectivity index (χ2n) is 2.42. The molecule has 0 radical (unpaired) electrons. The van der Waals surface area contributed by atoms with Gasteiger partial charge in [0.1, 0.15) is 0 Å². The molecule has 3 nitrogen and oxygen atoms in total. The van der Waals surface area contributed by atoms with Gasteiger partial charge >= 0.3 is 0 Å². The van der Waals surface area contributed by atoms with Gasteiger partial charge in [0, 0.05) is 5.39 Å². The topological polar surface area (TPSA) is 51.8 Å². The number of halogens is 1.